The number of aliphatic hydroxyl groups is 1. The number of halogens is 2. The van der Waals surface area contributed by atoms with Gasteiger partial charge in [0.05, 0.1) is 9.08 Å². The Balaban J connectivity index is 1.89. The van der Waals surface area contributed by atoms with Gasteiger partial charge in [-0.3, -0.25) is 9.78 Å². The summed E-state index contributed by atoms with van der Waals surface area (Å²) in [7, 11) is 0. The molecule has 3 N–H and O–H groups in total. The highest BCUT2D eigenvalue weighted by Crippen LogP contribution is 2.23. The van der Waals surface area contributed by atoms with Crippen molar-refractivity contribution in [3.63, 3.8) is 0 Å². The molecule has 2 aromatic rings. The quantitative estimate of drug-likeness (QED) is 0.676. The van der Waals surface area contributed by atoms with Gasteiger partial charge in [-0.15, -0.1) is 0 Å². The van der Waals surface area contributed by atoms with E-state index in [1.807, 2.05) is 12.1 Å². The molecule has 0 aliphatic rings. The summed E-state index contributed by atoms with van der Waals surface area (Å²) in [4.78, 5) is 19.0. The molecule has 0 radical (unpaired) electrons. The molecule has 0 aliphatic carbocycles. The Hall–Kier alpha value is -1.18. The first-order valence-electron chi connectivity index (χ1n) is 6.42. The normalized spacial score (nSPS) is 12.1. The van der Waals surface area contributed by atoms with Gasteiger partial charge in [-0.25, -0.2) is 0 Å². The highest BCUT2D eigenvalue weighted by Gasteiger charge is 2.14. The minimum Gasteiger partial charge on any atom is -0.396 e. The average Bonchev–Trinajstić information content (AvgIpc) is 2.84. The molecule has 0 aliphatic heterocycles. The predicted molar refractivity (Wildman–Crippen MR) is 87.0 cm³/mol. The Kier molecular flexibility index (Phi) is 5.96. The molecule has 0 bridgehead atoms. The standard InChI is InChI=1S/C14H15Br2N3O2/c15-11-5-12(19-13(11)16)14(21)18-7-10(8-20)4-9-2-1-3-17-6-9/h1-3,5-6,10,19-20H,4,7-8H2,(H,18,21). The smallest absolute Gasteiger partial charge is 0.267 e. The lowest BCUT2D eigenvalue weighted by molar-refractivity contribution is 0.0935. The molecule has 1 atom stereocenters. The van der Waals surface area contributed by atoms with Gasteiger partial charge in [-0.1, -0.05) is 6.07 Å². The topological polar surface area (TPSA) is 78.0 Å². The maximum atomic E-state index is 12.0. The number of pyridine rings is 1. The van der Waals surface area contributed by atoms with Crippen LogP contribution in [0.15, 0.2) is 39.7 Å². The van der Waals surface area contributed by atoms with Crippen LogP contribution in [0.25, 0.3) is 0 Å². The molecule has 0 saturated carbocycles. The van der Waals surface area contributed by atoms with E-state index in [1.165, 1.54) is 0 Å². The van der Waals surface area contributed by atoms with Crippen molar-refractivity contribution in [1.29, 1.82) is 0 Å². The van der Waals surface area contributed by atoms with Crippen LogP contribution in [0.5, 0.6) is 0 Å². The number of nitrogens with one attached hydrogen (secondary N) is 2. The van der Waals surface area contributed by atoms with E-state index in [0.717, 1.165) is 14.6 Å². The van der Waals surface area contributed by atoms with Crippen LogP contribution in [0, 0.1) is 5.92 Å². The minimum absolute atomic E-state index is 0.00723. The van der Waals surface area contributed by atoms with Crippen LogP contribution in [0.2, 0.25) is 0 Å². The van der Waals surface area contributed by atoms with Gasteiger partial charge in [0.15, 0.2) is 0 Å². The molecule has 2 rings (SSSR count). The highest BCUT2D eigenvalue weighted by molar-refractivity contribution is 9.13. The van der Waals surface area contributed by atoms with Crippen molar-refractivity contribution in [2.75, 3.05) is 13.2 Å². The maximum Gasteiger partial charge on any atom is 0.267 e. The van der Waals surface area contributed by atoms with Gasteiger partial charge in [0.25, 0.3) is 5.91 Å². The summed E-state index contributed by atoms with van der Waals surface area (Å²) in [6.45, 7) is 0.409. The first-order chi connectivity index (χ1) is 10.1. The summed E-state index contributed by atoms with van der Waals surface area (Å²) in [5.41, 5.74) is 1.50. The summed E-state index contributed by atoms with van der Waals surface area (Å²) < 4.78 is 1.52. The van der Waals surface area contributed by atoms with Gasteiger partial charge < -0.3 is 15.4 Å². The summed E-state index contributed by atoms with van der Waals surface area (Å²) >= 11 is 6.61. The summed E-state index contributed by atoms with van der Waals surface area (Å²) in [6.07, 6.45) is 4.15. The molecule has 0 saturated heterocycles. The van der Waals surface area contributed by atoms with Crippen molar-refractivity contribution in [2.45, 2.75) is 6.42 Å². The lowest BCUT2D eigenvalue weighted by Crippen LogP contribution is -2.32. The number of carbonyl (C=O) groups excluding carboxylic acids is 1. The zero-order valence-corrected chi connectivity index (χ0v) is 14.3. The summed E-state index contributed by atoms with van der Waals surface area (Å²) in [5, 5.41) is 12.2. The summed E-state index contributed by atoms with van der Waals surface area (Å²) in [5.74, 6) is -0.244. The first kappa shape index (κ1) is 16.2. The van der Waals surface area contributed by atoms with Gasteiger partial charge >= 0.3 is 0 Å². The van der Waals surface area contributed by atoms with Crippen molar-refractivity contribution < 1.29 is 9.90 Å². The average molecular weight is 417 g/mol. The number of aromatic nitrogens is 2. The van der Waals surface area contributed by atoms with Gasteiger partial charge in [-0.2, -0.15) is 0 Å². The maximum absolute atomic E-state index is 12.0. The minimum atomic E-state index is -0.203. The molecule has 7 heteroatoms. The Labute approximate surface area is 139 Å². The van der Waals surface area contributed by atoms with Gasteiger partial charge in [0.1, 0.15) is 5.69 Å². The van der Waals surface area contributed by atoms with Crippen molar-refractivity contribution >= 4 is 37.8 Å². The van der Waals surface area contributed by atoms with E-state index in [1.54, 1.807) is 18.5 Å². The number of H-pyrrole nitrogens is 1. The van der Waals surface area contributed by atoms with E-state index in [0.29, 0.717) is 18.7 Å². The molecule has 5 nitrogen and oxygen atoms in total. The van der Waals surface area contributed by atoms with E-state index in [9.17, 15) is 9.90 Å². The van der Waals surface area contributed by atoms with Crippen LogP contribution < -0.4 is 5.32 Å². The molecule has 2 aromatic heterocycles. The van der Waals surface area contributed by atoms with Crippen molar-refractivity contribution in [3.8, 4) is 0 Å². The number of carbonyl (C=O) groups is 1. The Morgan fingerprint density at radius 1 is 1.48 bits per heavy atom. The molecular weight excluding hydrogens is 402 g/mol. The predicted octanol–water partition coefficient (Wildman–Crippen LogP) is 2.52. The van der Waals surface area contributed by atoms with E-state index in [2.05, 4.69) is 47.1 Å². The number of amides is 1. The van der Waals surface area contributed by atoms with E-state index < -0.39 is 0 Å². The second-order valence-electron chi connectivity index (χ2n) is 4.67. The van der Waals surface area contributed by atoms with Crippen molar-refractivity contribution in [1.82, 2.24) is 15.3 Å². The number of aromatic amines is 1. The van der Waals surface area contributed by atoms with Crippen LogP contribution in [-0.4, -0.2) is 34.1 Å². The fourth-order valence-electron chi connectivity index (χ4n) is 1.91. The molecular formula is C14H15Br2N3O2. The van der Waals surface area contributed by atoms with Crippen molar-refractivity contribution in [3.05, 3.63) is 50.9 Å². The molecule has 2 heterocycles. The molecule has 1 unspecified atom stereocenters. The number of hydrogen-bond donors (Lipinski definition) is 3. The fraction of sp³-hybridized carbons (Fsp3) is 0.286. The van der Waals surface area contributed by atoms with Crippen molar-refractivity contribution in [2.24, 2.45) is 5.92 Å². The third kappa shape index (κ3) is 4.66. The van der Waals surface area contributed by atoms with E-state index in [4.69, 9.17) is 0 Å². The van der Waals surface area contributed by atoms with Gasteiger partial charge in [-0.05, 0) is 56.0 Å². The monoisotopic (exact) mass is 415 g/mol. The van der Waals surface area contributed by atoms with E-state index >= 15 is 0 Å². The first-order valence-corrected chi connectivity index (χ1v) is 8.00. The molecule has 112 valence electrons. The molecule has 21 heavy (non-hydrogen) atoms. The van der Waals surface area contributed by atoms with Crippen LogP contribution in [0.3, 0.4) is 0 Å². The Morgan fingerprint density at radius 2 is 2.29 bits per heavy atom. The molecule has 0 aromatic carbocycles. The number of nitrogens with zero attached hydrogens (tertiary/aromatic N) is 1. The Bertz CT molecular complexity index is 582. The lowest BCUT2D eigenvalue weighted by Gasteiger charge is -2.14. The number of rotatable bonds is 6. The second-order valence-corrected chi connectivity index (χ2v) is 6.32. The molecule has 0 fully saturated rings. The zero-order chi connectivity index (χ0) is 15.2. The zero-order valence-electron chi connectivity index (χ0n) is 11.1. The van der Waals surface area contributed by atoms with Gasteiger partial charge in [0, 0.05) is 31.5 Å². The third-order valence-corrected chi connectivity index (χ3v) is 4.81. The highest BCUT2D eigenvalue weighted by atomic mass is 79.9. The lowest BCUT2D eigenvalue weighted by atomic mass is 10.0. The number of aliphatic hydroxyl groups excluding tert-OH is 1. The van der Waals surface area contributed by atoms with Crippen LogP contribution in [-0.2, 0) is 6.42 Å². The van der Waals surface area contributed by atoms with E-state index in [-0.39, 0.29) is 18.4 Å². The summed E-state index contributed by atoms with van der Waals surface area (Å²) in [6, 6.07) is 5.52. The fourth-order valence-corrected chi connectivity index (χ4v) is 2.57. The molecule has 0 spiro atoms. The van der Waals surface area contributed by atoms with Crippen LogP contribution in [0.1, 0.15) is 16.1 Å². The largest absolute Gasteiger partial charge is 0.396 e. The Morgan fingerprint density at radius 3 is 2.86 bits per heavy atom. The molecule has 1 amide bonds. The van der Waals surface area contributed by atoms with Gasteiger partial charge in [0.2, 0.25) is 0 Å². The number of hydrogen-bond acceptors (Lipinski definition) is 3. The van der Waals surface area contributed by atoms with Crippen LogP contribution >= 0.6 is 31.9 Å². The second kappa shape index (κ2) is 7.72. The third-order valence-electron chi connectivity index (χ3n) is 3.03. The van der Waals surface area contributed by atoms with Crippen LogP contribution in [0.4, 0.5) is 0 Å². The SMILES string of the molecule is O=C(NCC(CO)Cc1cccnc1)c1cc(Br)c(Br)[nH]1.